The molecule has 0 bridgehead atoms. The van der Waals surface area contributed by atoms with E-state index >= 15 is 0 Å². The van der Waals surface area contributed by atoms with Crippen LogP contribution in [-0.2, 0) is 14.3 Å². The standard InChI is InChI=1S/C19H21NO4/c1-3-14(21)11-12-17(19(23)24-2)20-18(22)16-10-6-8-13-7-4-5-9-15(13)16/h4-10,17H,3,11-12H2,1-2H3,(H,20,22)/t17-/m1/s1. The van der Waals surface area contributed by atoms with E-state index in [4.69, 9.17) is 4.74 Å². The van der Waals surface area contributed by atoms with Gasteiger partial charge in [-0.25, -0.2) is 4.79 Å². The maximum absolute atomic E-state index is 12.6. The van der Waals surface area contributed by atoms with Gasteiger partial charge in [0.2, 0.25) is 0 Å². The van der Waals surface area contributed by atoms with E-state index in [1.165, 1.54) is 7.11 Å². The van der Waals surface area contributed by atoms with Crippen LogP contribution in [0.4, 0.5) is 0 Å². The quantitative estimate of drug-likeness (QED) is 0.794. The van der Waals surface area contributed by atoms with E-state index in [0.717, 1.165) is 10.8 Å². The molecule has 1 amide bonds. The Labute approximate surface area is 141 Å². The summed E-state index contributed by atoms with van der Waals surface area (Å²) >= 11 is 0. The molecule has 0 aromatic heterocycles. The average molecular weight is 327 g/mol. The Hall–Kier alpha value is -2.69. The number of ketones is 1. The molecule has 2 aromatic rings. The molecule has 24 heavy (non-hydrogen) atoms. The number of ether oxygens (including phenoxy) is 1. The second kappa shape index (κ2) is 8.24. The van der Waals surface area contributed by atoms with Crippen LogP contribution in [0.15, 0.2) is 42.5 Å². The van der Waals surface area contributed by atoms with E-state index in [2.05, 4.69) is 5.32 Å². The van der Waals surface area contributed by atoms with Crippen molar-refractivity contribution in [2.45, 2.75) is 32.2 Å². The first-order valence-corrected chi connectivity index (χ1v) is 7.95. The number of esters is 1. The second-order valence-corrected chi connectivity index (χ2v) is 5.51. The van der Waals surface area contributed by atoms with Gasteiger partial charge in [0.1, 0.15) is 11.8 Å². The molecule has 0 aliphatic rings. The van der Waals surface area contributed by atoms with E-state index in [1.807, 2.05) is 30.3 Å². The Bertz CT molecular complexity index is 749. The van der Waals surface area contributed by atoms with Crippen molar-refractivity contribution in [3.8, 4) is 0 Å². The van der Waals surface area contributed by atoms with Crippen molar-refractivity contribution in [1.82, 2.24) is 5.32 Å². The first-order chi connectivity index (χ1) is 11.6. The molecule has 1 atom stereocenters. The number of hydrogen-bond acceptors (Lipinski definition) is 4. The largest absolute Gasteiger partial charge is 0.467 e. The highest BCUT2D eigenvalue weighted by molar-refractivity contribution is 6.08. The number of rotatable bonds is 7. The van der Waals surface area contributed by atoms with Crippen LogP contribution in [0.2, 0.25) is 0 Å². The summed E-state index contributed by atoms with van der Waals surface area (Å²) in [6.45, 7) is 1.77. The molecular formula is C19H21NO4. The van der Waals surface area contributed by atoms with Gasteiger partial charge in [-0.1, -0.05) is 43.3 Å². The van der Waals surface area contributed by atoms with Crippen molar-refractivity contribution in [2.24, 2.45) is 0 Å². The van der Waals surface area contributed by atoms with Gasteiger partial charge in [0.05, 0.1) is 7.11 Å². The van der Waals surface area contributed by atoms with Gasteiger partial charge in [0.15, 0.2) is 0 Å². The molecule has 0 saturated heterocycles. The van der Waals surface area contributed by atoms with Crippen molar-refractivity contribution in [2.75, 3.05) is 7.11 Å². The van der Waals surface area contributed by atoms with Gasteiger partial charge in [-0.2, -0.15) is 0 Å². The number of nitrogens with one attached hydrogen (secondary N) is 1. The number of fused-ring (bicyclic) bond motifs is 1. The number of methoxy groups -OCH3 is 1. The Kier molecular flexibility index (Phi) is 6.07. The van der Waals surface area contributed by atoms with Crippen LogP contribution in [0, 0.1) is 0 Å². The molecule has 126 valence electrons. The van der Waals surface area contributed by atoms with Crippen LogP contribution in [0.25, 0.3) is 10.8 Å². The Balaban J connectivity index is 2.19. The minimum atomic E-state index is -0.836. The highest BCUT2D eigenvalue weighted by Gasteiger charge is 2.23. The summed E-state index contributed by atoms with van der Waals surface area (Å²) in [6.07, 6.45) is 0.868. The van der Waals surface area contributed by atoms with Crippen LogP contribution in [0.5, 0.6) is 0 Å². The van der Waals surface area contributed by atoms with Gasteiger partial charge in [-0.15, -0.1) is 0 Å². The molecule has 5 nitrogen and oxygen atoms in total. The zero-order valence-electron chi connectivity index (χ0n) is 13.9. The second-order valence-electron chi connectivity index (χ2n) is 5.51. The fraction of sp³-hybridized carbons (Fsp3) is 0.316. The lowest BCUT2D eigenvalue weighted by atomic mass is 10.0. The number of Topliss-reactive ketones (excluding diaryl/α,β-unsaturated/α-hetero) is 1. The Morgan fingerprint density at radius 1 is 1.08 bits per heavy atom. The van der Waals surface area contributed by atoms with Gasteiger partial charge in [0.25, 0.3) is 5.91 Å². The van der Waals surface area contributed by atoms with Gasteiger partial charge >= 0.3 is 5.97 Å². The Morgan fingerprint density at radius 2 is 1.79 bits per heavy atom. The molecule has 1 N–H and O–H groups in total. The molecule has 0 radical (unpaired) electrons. The number of hydrogen-bond donors (Lipinski definition) is 1. The van der Waals surface area contributed by atoms with Crippen molar-refractivity contribution < 1.29 is 19.1 Å². The number of amides is 1. The third kappa shape index (κ3) is 4.19. The molecule has 5 heteroatoms. The Morgan fingerprint density at radius 3 is 2.50 bits per heavy atom. The van der Waals surface area contributed by atoms with Gasteiger partial charge in [-0.05, 0) is 23.3 Å². The summed E-state index contributed by atoms with van der Waals surface area (Å²) in [6, 6.07) is 12.1. The maximum Gasteiger partial charge on any atom is 0.328 e. The van der Waals surface area contributed by atoms with Gasteiger partial charge in [-0.3, -0.25) is 9.59 Å². The molecule has 0 fully saturated rings. The van der Waals surface area contributed by atoms with Crippen LogP contribution in [-0.4, -0.2) is 30.8 Å². The van der Waals surface area contributed by atoms with Crippen LogP contribution in [0.1, 0.15) is 36.5 Å². The fourth-order valence-electron chi connectivity index (χ4n) is 2.53. The molecule has 0 aliphatic heterocycles. The third-order valence-corrected chi connectivity index (χ3v) is 3.93. The van der Waals surface area contributed by atoms with Crippen molar-refractivity contribution in [3.05, 3.63) is 48.0 Å². The molecule has 0 saturated carbocycles. The summed E-state index contributed by atoms with van der Waals surface area (Å²) in [5.41, 5.74) is 0.490. The first kappa shape index (κ1) is 17.7. The zero-order valence-corrected chi connectivity index (χ0v) is 13.9. The first-order valence-electron chi connectivity index (χ1n) is 7.95. The maximum atomic E-state index is 12.6. The predicted molar refractivity (Wildman–Crippen MR) is 91.8 cm³/mol. The van der Waals surface area contributed by atoms with E-state index in [-0.39, 0.29) is 24.5 Å². The molecule has 2 aromatic carbocycles. The number of benzene rings is 2. The lowest BCUT2D eigenvalue weighted by molar-refractivity contribution is -0.143. The normalized spacial score (nSPS) is 11.8. The van der Waals surface area contributed by atoms with E-state index < -0.39 is 12.0 Å². The van der Waals surface area contributed by atoms with E-state index in [1.54, 1.807) is 19.1 Å². The molecule has 0 aliphatic carbocycles. The van der Waals surface area contributed by atoms with Crippen molar-refractivity contribution >= 4 is 28.4 Å². The molecule has 0 heterocycles. The zero-order chi connectivity index (χ0) is 17.5. The fourth-order valence-corrected chi connectivity index (χ4v) is 2.53. The highest BCUT2D eigenvalue weighted by atomic mass is 16.5. The summed E-state index contributed by atoms with van der Waals surface area (Å²) in [5, 5.41) is 4.45. The number of carbonyl (C=O) groups excluding carboxylic acids is 3. The summed E-state index contributed by atoms with van der Waals surface area (Å²) in [4.78, 5) is 36.0. The molecular weight excluding hydrogens is 306 g/mol. The number of carbonyl (C=O) groups is 3. The molecule has 2 rings (SSSR count). The van der Waals surface area contributed by atoms with Crippen LogP contribution in [0.3, 0.4) is 0 Å². The molecule has 0 unspecified atom stereocenters. The predicted octanol–water partition coefficient (Wildman–Crippen LogP) is 2.87. The van der Waals surface area contributed by atoms with Crippen LogP contribution >= 0.6 is 0 Å². The van der Waals surface area contributed by atoms with E-state index in [0.29, 0.717) is 12.0 Å². The SMILES string of the molecule is CCC(=O)CC[C@@H](NC(=O)c1cccc2ccccc12)C(=O)OC. The summed E-state index contributed by atoms with van der Waals surface area (Å²) in [5.74, 6) is -0.859. The minimum absolute atomic E-state index is 0.0447. The smallest absolute Gasteiger partial charge is 0.328 e. The van der Waals surface area contributed by atoms with Crippen molar-refractivity contribution in [3.63, 3.8) is 0 Å². The highest BCUT2D eigenvalue weighted by Crippen LogP contribution is 2.18. The van der Waals surface area contributed by atoms with Crippen LogP contribution < -0.4 is 5.32 Å². The lowest BCUT2D eigenvalue weighted by Gasteiger charge is -2.17. The minimum Gasteiger partial charge on any atom is -0.467 e. The topological polar surface area (TPSA) is 72.5 Å². The van der Waals surface area contributed by atoms with Gasteiger partial charge < -0.3 is 10.1 Å². The monoisotopic (exact) mass is 327 g/mol. The van der Waals surface area contributed by atoms with E-state index in [9.17, 15) is 14.4 Å². The summed E-state index contributed by atoms with van der Waals surface area (Å²) < 4.78 is 4.74. The third-order valence-electron chi connectivity index (χ3n) is 3.93. The van der Waals surface area contributed by atoms with Crippen molar-refractivity contribution in [1.29, 1.82) is 0 Å². The average Bonchev–Trinajstić information content (AvgIpc) is 2.63. The van der Waals surface area contributed by atoms with Gasteiger partial charge in [0, 0.05) is 18.4 Å². The lowest BCUT2D eigenvalue weighted by Crippen LogP contribution is -2.41. The summed E-state index contributed by atoms with van der Waals surface area (Å²) in [7, 11) is 1.26. The molecule has 0 spiro atoms.